The van der Waals surface area contributed by atoms with Gasteiger partial charge in [-0.1, -0.05) is 46.8 Å². The van der Waals surface area contributed by atoms with Crippen molar-refractivity contribution in [2.24, 2.45) is 5.92 Å². The van der Waals surface area contributed by atoms with Gasteiger partial charge in [0.15, 0.2) is 0 Å². The Labute approximate surface area is 212 Å². The van der Waals surface area contributed by atoms with Crippen molar-refractivity contribution in [3.63, 3.8) is 0 Å². The number of aromatic nitrogens is 1. The summed E-state index contributed by atoms with van der Waals surface area (Å²) >= 11 is 1.76. The molecule has 10 nitrogen and oxygen atoms in total. The lowest BCUT2D eigenvalue weighted by Crippen LogP contribution is -2.38. The third-order valence-corrected chi connectivity index (χ3v) is 7.10. The van der Waals surface area contributed by atoms with E-state index in [9.17, 15) is 18.0 Å². The van der Waals surface area contributed by atoms with Crippen LogP contribution >= 0.6 is 22.6 Å². The predicted octanol–water partition coefficient (Wildman–Crippen LogP) is 4.81. The van der Waals surface area contributed by atoms with Gasteiger partial charge >= 0.3 is 12.1 Å². The van der Waals surface area contributed by atoms with E-state index in [1.807, 2.05) is 34.6 Å². The molecule has 1 heterocycles. The van der Waals surface area contributed by atoms with Gasteiger partial charge in [-0.25, -0.2) is 13.2 Å². The molecule has 34 heavy (non-hydrogen) atoms. The lowest BCUT2D eigenvalue weighted by molar-refractivity contribution is -0.137. The van der Waals surface area contributed by atoms with E-state index in [4.69, 9.17) is 19.1 Å². The van der Waals surface area contributed by atoms with Crippen LogP contribution in [0, 0.1) is 9.49 Å². The second-order valence-corrected chi connectivity index (χ2v) is 11.8. The van der Waals surface area contributed by atoms with Crippen molar-refractivity contribution in [3.8, 4) is 5.88 Å². The Morgan fingerprint density at radius 3 is 2.35 bits per heavy atom. The molecule has 188 valence electrons. The molecule has 0 unspecified atom stereocenters. The van der Waals surface area contributed by atoms with Gasteiger partial charge in [0.1, 0.15) is 3.57 Å². The Kier molecular flexibility index (Phi) is 9.34. The van der Waals surface area contributed by atoms with Crippen LogP contribution in [-0.2, 0) is 25.0 Å². The summed E-state index contributed by atoms with van der Waals surface area (Å²) in [6.07, 6.45) is -1.03. The number of halogens is 1. The van der Waals surface area contributed by atoms with Crippen LogP contribution in [0.4, 0.5) is 10.7 Å². The minimum atomic E-state index is -4.42. The fourth-order valence-electron chi connectivity index (χ4n) is 2.68. The zero-order valence-electron chi connectivity index (χ0n) is 19.7. The van der Waals surface area contributed by atoms with Crippen molar-refractivity contribution >= 4 is 50.6 Å². The normalized spacial score (nSPS) is 12.0. The van der Waals surface area contributed by atoms with E-state index in [0.29, 0.717) is 4.31 Å². The van der Waals surface area contributed by atoms with Crippen LogP contribution in [0.1, 0.15) is 53.0 Å². The number of benzene rings is 1. The first-order valence-corrected chi connectivity index (χ1v) is 13.1. The van der Waals surface area contributed by atoms with E-state index in [2.05, 4.69) is 5.16 Å². The van der Waals surface area contributed by atoms with E-state index in [1.165, 1.54) is 12.1 Å². The summed E-state index contributed by atoms with van der Waals surface area (Å²) in [6.45, 7) is 9.66. The summed E-state index contributed by atoms with van der Waals surface area (Å²) in [5.41, 5.74) is 0.734. The molecule has 1 amide bonds. The van der Waals surface area contributed by atoms with Gasteiger partial charge in [-0.2, -0.15) is 0 Å². The van der Waals surface area contributed by atoms with Gasteiger partial charge in [0.25, 0.3) is 21.8 Å². The third-order valence-electron chi connectivity index (χ3n) is 4.51. The number of hydrogen-bond donors (Lipinski definition) is 1. The molecule has 0 bridgehead atoms. The molecule has 2 rings (SSSR count). The number of carbonyl (C=O) groups is 2. The van der Waals surface area contributed by atoms with Crippen molar-refractivity contribution in [1.29, 1.82) is 0 Å². The number of sulfonamides is 1. The van der Waals surface area contributed by atoms with Crippen LogP contribution in [0.15, 0.2) is 33.7 Å². The number of carbonyl (C=O) groups excluding carboxylic acids is 1. The molecule has 2 aromatic rings. The first-order valence-electron chi connectivity index (χ1n) is 10.6. The van der Waals surface area contributed by atoms with Gasteiger partial charge in [-0.3, -0.25) is 4.79 Å². The van der Waals surface area contributed by atoms with Crippen LogP contribution in [0.25, 0.3) is 0 Å². The number of carboxylic acid groups (broad SMARTS) is 1. The minimum absolute atomic E-state index is 0.00290. The first kappa shape index (κ1) is 27.9. The zero-order chi connectivity index (χ0) is 25.7. The Balaban J connectivity index is 2.42. The second kappa shape index (κ2) is 11.4. The average molecular weight is 608 g/mol. The van der Waals surface area contributed by atoms with Crippen molar-refractivity contribution in [1.82, 2.24) is 5.16 Å². The molecule has 0 spiro atoms. The summed E-state index contributed by atoms with van der Waals surface area (Å²) in [4.78, 5) is 23.5. The maximum Gasteiger partial charge on any atom is 0.431 e. The van der Waals surface area contributed by atoms with Crippen LogP contribution in [0.5, 0.6) is 5.88 Å². The number of nitrogens with zero attached hydrogens (tertiary/aromatic N) is 2. The topological polar surface area (TPSA) is 136 Å². The summed E-state index contributed by atoms with van der Waals surface area (Å²) in [5.74, 6) is -1.42. The van der Waals surface area contributed by atoms with Gasteiger partial charge < -0.3 is 19.1 Å². The molecule has 1 aromatic carbocycles. The molecule has 0 fully saturated rings. The zero-order valence-corrected chi connectivity index (χ0v) is 22.7. The maximum atomic E-state index is 13.5. The number of aliphatic carboxylic acids is 1. The summed E-state index contributed by atoms with van der Waals surface area (Å²) in [6, 6.07) is 6.22. The van der Waals surface area contributed by atoms with E-state index in [0.717, 1.165) is 5.56 Å². The smallest absolute Gasteiger partial charge is 0.431 e. The molecule has 0 aliphatic rings. The number of anilines is 1. The Morgan fingerprint density at radius 2 is 1.82 bits per heavy atom. The third kappa shape index (κ3) is 7.08. The van der Waals surface area contributed by atoms with E-state index >= 15 is 0 Å². The molecule has 0 saturated carbocycles. The number of rotatable bonds is 10. The van der Waals surface area contributed by atoms with E-state index in [-0.39, 0.29) is 57.6 Å². The average Bonchev–Trinajstić information content (AvgIpc) is 3.09. The number of amides is 1. The summed E-state index contributed by atoms with van der Waals surface area (Å²) in [5, 5.41) is 12.5. The highest BCUT2D eigenvalue weighted by Crippen LogP contribution is 2.35. The Hall–Kier alpha value is -2.35. The number of ether oxygens (including phenoxy) is 2. The summed E-state index contributed by atoms with van der Waals surface area (Å²) < 4.78 is 43.4. The monoisotopic (exact) mass is 608 g/mol. The molecule has 12 heteroatoms. The highest BCUT2D eigenvalue weighted by molar-refractivity contribution is 14.1. The Morgan fingerprint density at radius 1 is 1.21 bits per heavy atom. The highest BCUT2D eigenvalue weighted by atomic mass is 127. The van der Waals surface area contributed by atoms with Gasteiger partial charge in [0.2, 0.25) is 0 Å². The van der Waals surface area contributed by atoms with Crippen molar-refractivity contribution in [3.05, 3.63) is 33.4 Å². The van der Waals surface area contributed by atoms with E-state index < -0.39 is 22.1 Å². The van der Waals surface area contributed by atoms with Gasteiger partial charge in [-0.15, -0.1) is 4.31 Å². The minimum Gasteiger partial charge on any atom is -0.481 e. The van der Waals surface area contributed by atoms with Gasteiger partial charge in [0, 0.05) is 6.42 Å². The molecule has 0 saturated heterocycles. The summed E-state index contributed by atoms with van der Waals surface area (Å²) in [7, 11) is -4.42. The second-order valence-electron chi connectivity index (χ2n) is 8.97. The van der Waals surface area contributed by atoms with Crippen LogP contribution < -0.4 is 9.04 Å². The van der Waals surface area contributed by atoms with E-state index in [1.54, 1.807) is 34.7 Å². The molecule has 0 radical (unpaired) electrons. The number of carboxylic acids is 1. The van der Waals surface area contributed by atoms with Crippen molar-refractivity contribution < 1.29 is 37.1 Å². The standard InChI is InChI=1S/C22H29IN2O8S/c1-14(2)13-32-21(28)25(20-18(23)19(24-33-20)31-12-6-7-17(26)27)34(29,30)16-10-8-15(9-11-16)22(3,4)5/h8-11,14H,6-7,12-13H2,1-5H3,(H,26,27). The lowest BCUT2D eigenvalue weighted by atomic mass is 9.87. The maximum absolute atomic E-state index is 13.5. The lowest BCUT2D eigenvalue weighted by Gasteiger charge is -2.22. The highest BCUT2D eigenvalue weighted by Gasteiger charge is 2.38. The fourth-order valence-corrected chi connectivity index (χ4v) is 4.72. The molecule has 0 aliphatic carbocycles. The van der Waals surface area contributed by atoms with Crippen LogP contribution in [0.2, 0.25) is 0 Å². The van der Waals surface area contributed by atoms with Crippen LogP contribution in [-0.4, -0.2) is 44.0 Å². The molecule has 0 atom stereocenters. The van der Waals surface area contributed by atoms with Gasteiger partial charge in [0.05, 0.1) is 18.1 Å². The first-order chi connectivity index (χ1) is 15.7. The van der Waals surface area contributed by atoms with Gasteiger partial charge in [-0.05, 0) is 63.2 Å². The molecule has 1 aromatic heterocycles. The van der Waals surface area contributed by atoms with Crippen molar-refractivity contribution in [2.45, 2.75) is 57.8 Å². The Bertz CT molecular complexity index is 1100. The molecular weight excluding hydrogens is 579 g/mol. The molecular formula is C22H29IN2O8S. The quantitative estimate of drug-likeness (QED) is 0.298. The molecule has 1 N–H and O–H groups in total. The van der Waals surface area contributed by atoms with Crippen LogP contribution in [0.3, 0.4) is 0 Å². The van der Waals surface area contributed by atoms with Crippen molar-refractivity contribution in [2.75, 3.05) is 17.5 Å². The SMILES string of the molecule is CC(C)COC(=O)N(c1onc(OCCCC(=O)O)c1I)S(=O)(=O)c1ccc(C(C)(C)C)cc1. The predicted molar refractivity (Wildman–Crippen MR) is 133 cm³/mol. The largest absolute Gasteiger partial charge is 0.481 e. The fraction of sp³-hybridized carbons (Fsp3) is 0.500. The molecule has 0 aliphatic heterocycles. The number of hydrogen-bond acceptors (Lipinski definition) is 8.